The summed E-state index contributed by atoms with van der Waals surface area (Å²) in [6, 6.07) is 5.54. The molecule has 0 bridgehead atoms. The summed E-state index contributed by atoms with van der Waals surface area (Å²) in [5.74, 6) is 2.48. The topological polar surface area (TPSA) is 95.3 Å². The third kappa shape index (κ3) is 4.20. The van der Waals surface area contributed by atoms with E-state index in [1.165, 1.54) is 0 Å². The van der Waals surface area contributed by atoms with Crippen molar-refractivity contribution in [2.45, 2.75) is 6.42 Å². The van der Waals surface area contributed by atoms with Gasteiger partial charge in [0.05, 0.1) is 25.8 Å². The summed E-state index contributed by atoms with van der Waals surface area (Å²) in [6.45, 7) is 1.43. The minimum atomic E-state index is 0.465. The van der Waals surface area contributed by atoms with Crippen LogP contribution in [0.25, 0.3) is 11.0 Å². The molecule has 9 heteroatoms. The second-order valence-electron chi connectivity index (χ2n) is 5.87. The van der Waals surface area contributed by atoms with Crippen LogP contribution in [-0.4, -0.2) is 54.2 Å². The van der Waals surface area contributed by atoms with E-state index in [1.54, 1.807) is 32.2 Å². The van der Waals surface area contributed by atoms with Gasteiger partial charge in [-0.2, -0.15) is 15.1 Å². The lowest BCUT2D eigenvalue weighted by Gasteiger charge is -2.12. The lowest BCUT2D eigenvalue weighted by molar-refractivity contribution is 0.198. The van der Waals surface area contributed by atoms with Crippen molar-refractivity contribution in [1.29, 1.82) is 0 Å². The van der Waals surface area contributed by atoms with Crippen molar-refractivity contribution in [2.24, 2.45) is 7.05 Å². The Morgan fingerprint density at radius 2 is 1.89 bits per heavy atom. The molecule has 0 aliphatic heterocycles. The van der Waals surface area contributed by atoms with E-state index >= 15 is 0 Å². The van der Waals surface area contributed by atoms with Crippen LogP contribution in [0.1, 0.15) is 6.42 Å². The van der Waals surface area contributed by atoms with Gasteiger partial charge in [0.25, 0.3) is 0 Å². The second-order valence-corrected chi connectivity index (χ2v) is 5.87. The van der Waals surface area contributed by atoms with Crippen molar-refractivity contribution < 1.29 is 14.2 Å². The van der Waals surface area contributed by atoms with Crippen LogP contribution in [0, 0.1) is 0 Å². The molecule has 0 amide bonds. The van der Waals surface area contributed by atoms with Crippen LogP contribution in [0.5, 0.6) is 11.5 Å². The quantitative estimate of drug-likeness (QED) is 0.554. The van der Waals surface area contributed by atoms with Crippen molar-refractivity contribution in [3.8, 4) is 11.5 Å². The number of nitrogens with zero attached hydrogens (tertiary/aromatic N) is 4. The summed E-state index contributed by atoms with van der Waals surface area (Å²) in [5, 5.41) is 11.7. The first-order valence-corrected chi connectivity index (χ1v) is 8.58. The lowest BCUT2D eigenvalue weighted by atomic mass is 10.2. The van der Waals surface area contributed by atoms with E-state index < -0.39 is 0 Å². The molecule has 3 rings (SSSR count). The summed E-state index contributed by atoms with van der Waals surface area (Å²) in [5.41, 5.74) is 1.53. The molecule has 144 valence electrons. The Hall–Kier alpha value is -3.07. The Bertz CT molecular complexity index is 911. The van der Waals surface area contributed by atoms with Crippen molar-refractivity contribution >= 4 is 28.5 Å². The van der Waals surface area contributed by atoms with E-state index in [1.807, 2.05) is 25.2 Å². The fourth-order valence-corrected chi connectivity index (χ4v) is 2.68. The largest absolute Gasteiger partial charge is 0.493 e. The summed E-state index contributed by atoms with van der Waals surface area (Å²) in [6.07, 6.45) is 2.63. The Labute approximate surface area is 157 Å². The smallest absolute Gasteiger partial charge is 0.231 e. The zero-order valence-corrected chi connectivity index (χ0v) is 15.9. The molecule has 0 aliphatic carbocycles. The number of aryl methyl sites for hydroxylation is 1. The van der Waals surface area contributed by atoms with E-state index in [0.29, 0.717) is 24.1 Å². The van der Waals surface area contributed by atoms with Crippen LogP contribution in [0.4, 0.5) is 17.5 Å². The number of hydrogen-bond donors (Lipinski definition) is 2. The molecule has 9 nitrogen and oxygen atoms in total. The molecule has 2 N–H and O–H groups in total. The molecule has 0 aliphatic rings. The highest BCUT2D eigenvalue weighted by Gasteiger charge is 2.12. The number of benzene rings is 1. The minimum Gasteiger partial charge on any atom is -0.493 e. The van der Waals surface area contributed by atoms with Crippen LogP contribution >= 0.6 is 0 Å². The Morgan fingerprint density at radius 1 is 1.07 bits per heavy atom. The molecule has 0 fully saturated rings. The van der Waals surface area contributed by atoms with Crippen molar-refractivity contribution in [1.82, 2.24) is 19.7 Å². The van der Waals surface area contributed by atoms with E-state index in [-0.39, 0.29) is 0 Å². The highest BCUT2D eigenvalue weighted by atomic mass is 16.5. The Kier molecular flexibility index (Phi) is 5.92. The van der Waals surface area contributed by atoms with Gasteiger partial charge in [0.2, 0.25) is 5.95 Å². The molecule has 0 radical (unpaired) electrons. The van der Waals surface area contributed by atoms with Crippen LogP contribution < -0.4 is 20.1 Å². The third-order valence-electron chi connectivity index (χ3n) is 4.05. The molecule has 0 spiro atoms. The van der Waals surface area contributed by atoms with Gasteiger partial charge in [-0.25, -0.2) is 0 Å². The van der Waals surface area contributed by atoms with Gasteiger partial charge in [0, 0.05) is 39.1 Å². The summed E-state index contributed by atoms with van der Waals surface area (Å²) < 4.78 is 17.4. The van der Waals surface area contributed by atoms with Crippen LogP contribution in [-0.2, 0) is 11.8 Å². The van der Waals surface area contributed by atoms with Crippen molar-refractivity contribution in [3.05, 3.63) is 24.4 Å². The maximum absolute atomic E-state index is 5.35. The molecule has 2 heterocycles. The first-order chi connectivity index (χ1) is 13.2. The minimum absolute atomic E-state index is 0.465. The average Bonchev–Trinajstić information content (AvgIpc) is 3.06. The van der Waals surface area contributed by atoms with Gasteiger partial charge in [0.15, 0.2) is 17.1 Å². The maximum Gasteiger partial charge on any atom is 0.231 e. The fourth-order valence-electron chi connectivity index (χ4n) is 2.68. The zero-order chi connectivity index (χ0) is 19.2. The molecular weight excluding hydrogens is 348 g/mol. The highest BCUT2D eigenvalue weighted by Crippen LogP contribution is 2.31. The standard InChI is InChI=1S/C18H24N6O3/c1-24-17-13(11-20-24)16(19-8-5-9-25-2)22-18(23-17)21-12-6-7-14(26-3)15(10-12)27-4/h6-7,10-11H,5,8-9H2,1-4H3,(H2,19,21,22,23). The third-order valence-corrected chi connectivity index (χ3v) is 4.05. The summed E-state index contributed by atoms with van der Waals surface area (Å²) >= 11 is 0. The number of aromatic nitrogens is 4. The van der Waals surface area contributed by atoms with Crippen molar-refractivity contribution in [3.63, 3.8) is 0 Å². The first-order valence-electron chi connectivity index (χ1n) is 8.58. The average molecular weight is 372 g/mol. The number of hydrogen-bond acceptors (Lipinski definition) is 8. The van der Waals surface area contributed by atoms with Gasteiger partial charge >= 0.3 is 0 Å². The molecular formula is C18H24N6O3. The molecule has 1 aromatic carbocycles. The molecule has 0 unspecified atom stereocenters. The SMILES string of the molecule is COCCCNc1nc(Nc2ccc(OC)c(OC)c2)nc2c1cnn2C. The normalized spacial score (nSPS) is 10.8. The number of methoxy groups -OCH3 is 3. The van der Waals surface area contributed by atoms with Gasteiger partial charge in [-0.05, 0) is 18.6 Å². The van der Waals surface area contributed by atoms with E-state index in [2.05, 4.69) is 25.7 Å². The number of rotatable bonds is 9. The van der Waals surface area contributed by atoms with Crippen LogP contribution in [0.2, 0.25) is 0 Å². The van der Waals surface area contributed by atoms with Gasteiger partial charge in [0.1, 0.15) is 5.82 Å². The van der Waals surface area contributed by atoms with E-state index in [9.17, 15) is 0 Å². The molecule has 0 saturated carbocycles. The lowest BCUT2D eigenvalue weighted by Crippen LogP contribution is -2.09. The summed E-state index contributed by atoms with van der Waals surface area (Å²) in [7, 11) is 6.74. The number of nitrogens with one attached hydrogen (secondary N) is 2. The zero-order valence-electron chi connectivity index (χ0n) is 15.9. The molecule has 3 aromatic rings. The van der Waals surface area contributed by atoms with Crippen LogP contribution in [0.15, 0.2) is 24.4 Å². The van der Waals surface area contributed by atoms with Crippen molar-refractivity contribution in [2.75, 3.05) is 45.1 Å². The van der Waals surface area contributed by atoms with Gasteiger partial charge in [-0.3, -0.25) is 4.68 Å². The highest BCUT2D eigenvalue weighted by molar-refractivity contribution is 5.87. The van der Waals surface area contributed by atoms with Gasteiger partial charge in [-0.1, -0.05) is 0 Å². The molecule has 2 aromatic heterocycles. The van der Waals surface area contributed by atoms with E-state index in [4.69, 9.17) is 14.2 Å². The summed E-state index contributed by atoms with van der Waals surface area (Å²) in [4.78, 5) is 9.18. The van der Waals surface area contributed by atoms with Crippen LogP contribution in [0.3, 0.4) is 0 Å². The van der Waals surface area contributed by atoms with Gasteiger partial charge in [-0.15, -0.1) is 0 Å². The number of anilines is 3. The Balaban J connectivity index is 1.88. The Morgan fingerprint density at radius 3 is 2.63 bits per heavy atom. The monoisotopic (exact) mass is 372 g/mol. The predicted octanol–water partition coefficient (Wildman–Crippen LogP) is 2.57. The number of fused-ring (bicyclic) bond motifs is 1. The predicted molar refractivity (Wildman–Crippen MR) is 104 cm³/mol. The molecule has 27 heavy (non-hydrogen) atoms. The second kappa shape index (κ2) is 8.54. The molecule has 0 atom stereocenters. The van der Waals surface area contributed by atoms with Gasteiger partial charge < -0.3 is 24.8 Å². The molecule has 0 saturated heterocycles. The first kappa shape index (κ1) is 18.7. The fraction of sp³-hybridized carbons (Fsp3) is 0.389. The number of ether oxygens (including phenoxy) is 3. The van der Waals surface area contributed by atoms with E-state index in [0.717, 1.165) is 35.5 Å². The maximum atomic E-state index is 5.35.